The van der Waals surface area contributed by atoms with E-state index in [-0.39, 0.29) is 32.5 Å². The fraction of sp³-hybridized carbons (Fsp3) is 0.857. The Morgan fingerprint density at radius 1 is 1.24 bits per heavy atom. The van der Waals surface area contributed by atoms with Gasteiger partial charge in [0.05, 0.1) is 20.7 Å². The van der Waals surface area contributed by atoms with Gasteiger partial charge in [-0.3, -0.25) is 13.8 Å². The van der Waals surface area contributed by atoms with Gasteiger partial charge in [0.1, 0.15) is 6.42 Å². The first-order valence-corrected chi connectivity index (χ1v) is 9.45. The number of carboxylic acids is 2. The third-order valence-corrected chi connectivity index (χ3v) is 5.43. The van der Waals surface area contributed by atoms with Gasteiger partial charge in [-0.25, -0.2) is 13.9 Å². The Labute approximate surface area is 147 Å². The topological polar surface area (TPSA) is 151 Å². The lowest BCUT2D eigenvalue weighted by Crippen LogP contribution is -2.68. The molecule has 4 N–H and O–H groups in total. The third-order valence-electron chi connectivity index (χ3n) is 4.41. The number of aliphatic carboxylic acids is 2. The van der Waals surface area contributed by atoms with Gasteiger partial charge in [0.2, 0.25) is 11.8 Å². The van der Waals surface area contributed by atoms with E-state index in [0.29, 0.717) is 0 Å². The molecule has 10 nitrogen and oxygen atoms in total. The summed E-state index contributed by atoms with van der Waals surface area (Å²) in [5.74, 6) is -2.63. The highest BCUT2D eigenvalue weighted by atomic mass is 31.2. The van der Waals surface area contributed by atoms with Crippen LogP contribution in [0.3, 0.4) is 0 Å². The Bertz CT molecular complexity index is 511. The van der Waals surface area contributed by atoms with E-state index in [0.717, 1.165) is 0 Å². The average molecular weight is 386 g/mol. The third kappa shape index (κ3) is 6.02. The summed E-state index contributed by atoms with van der Waals surface area (Å²) in [6.07, 6.45) is -1.51. The SMILES string of the molecule is CCC(OP(=O)(O)OCCCO)[N+](C)(C)C(CC)(CC(=O)O)C(=O)O. The van der Waals surface area contributed by atoms with Crippen molar-refractivity contribution >= 4 is 19.8 Å². The average Bonchev–Trinajstić information content (AvgIpc) is 2.49. The van der Waals surface area contributed by atoms with Crippen molar-refractivity contribution in [1.29, 1.82) is 0 Å². The number of hydrogen-bond donors (Lipinski definition) is 4. The number of phosphoric ester groups is 1. The molecule has 0 aromatic carbocycles. The Hall–Kier alpha value is -1.03. The zero-order valence-corrected chi connectivity index (χ0v) is 15.9. The summed E-state index contributed by atoms with van der Waals surface area (Å²) in [5, 5.41) is 27.5. The molecule has 3 unspecified atom stereocenters. The number of hydrogen-bond acceptors (Lipinski definition) is 6. The summed E-state index contributed by atoms with van der Waals surface area (Å²) in [4.78, 5) is 33.0. The minimum absolute atomic E-state index is 0.0252. The van der Waals surface area contributed by atoms with E-state index < -0.39 is 42.4 Å². The smallest absolute Gasteiger partial charge is 0.476 e. The maximum Gasteiger partial charge on any atom is 0.476 e. The van der Waals surface area contributed by atoms with Crippen LogP contribution < -0.4 is 0 Å². The van der Waals surface area contributed by atoms with Crippen LogP contribution in [0.5, 0.6) is 0 Å². The van der Waals surface area contributed by atoms with Crippen molar-refractivity contribution in [3.63, 3.8) is 0 Å². The van der Waals surface area contributed by atoms with Crippen LogP contribution in [0.25, 0.3) is 0 Å². The summed E-state index contributed by atoms with van der Waals surface area (Å²) in [7, 11) is -1.61. The van der Waals surface area contributed by atoms with Gasteiger partial charge in [-0.15, -0.1) is 0 Å². The fourth-order valence-electron chi connectivity index (χ4n) is 2.81. The monoisotopic (exact) mass is 386 g/mol. The predicted octanol–water partition coefficient (Wildman–Crippen LogP) is 1.02. The molecule has 0 aromatic rings. The van der Waals surface area contributed by atoms with E-state index in [1.807, 2.05) is 0 Å². The molecule has 0 saturated carbocycles. The van der Waals surface area contributed by atoms with Gasteiger partial charge in [0.25, 0.3) is 0 Å². The molecular weight excluding hydrogens is 357 g/mol. The van der Waals surface area contributed by atoms with E-state index in [4.69, 9.17) is 19.3 Å². The number of aliphatic hydroxyl groups is 1. The Morgan fingerprint density at radius 2 is 1.80 bits per heavy atom. The van der Waals surface area contributed by atoms with E-state index in [1.165, 1.54) is 14.1 Å². The molecule has 0 amide bonds. The van der Waals surface area contributed by atoms with Crippen LogP contribution in [0.15, 0.2) is 0 Å². The lowest BCUT2D eigenvalue weighted by molar-refractivity contribution is -0.972. The second kappa shape index (κ2) is 9.61. The van der Waals surface area contributed by atoms with Crippen molar-refractivity contribution in [3.8, 4) is 0 Å². The molecule has 25 heavy (non-hydrogen) atoms. The van der Waals surface area contributed by atoms with Crippen LogP contribution in [0, 0.1) is 0 Å². The van der Waals surface area contributed by atoms with E-state index in [9.17, 15) is 24.2 Å². The van der Waals surface area contributed by atoms with Crippen LogP contribution in [-0.2, 0) is 23.2 Å². The second-order valence-electron chi connectivity index (χ2n) is 6.15. The molecule has 0 radical (unpaired) electrons. The molecule has 0 fully saturated rings. The molecule has 148 valence electrons. The standard InChI is InChI=1S/C14H28NO9P/c1-5-11(24-25(21,22)23-9-7-8-16)15(3,4)14(6-2,13(19)20)10-12(17)18/h11,16H,5-10H2,1-4H3,(H2-,17,18,19,20,21,22)/p+1. The molecule has 3 atom stereocenters. The first-order chi connectivity index (χ1) is 11.4. The maximum atomic E-state index is 12.1. The van der Waals surface area contributed by atoms with Crippen molar-refractivity contribution in [2.24, 2.45) is 0 Å². The summed E-state index contributed by atoms with van der Waals surface area (Å²) in [5.41, 5.74) is -1.75. The number of nitrogens with zero attached hydrogens (tertiary/aromatic N) is 1. The Balaban J connectivity index is 5.67. The van der Waals surface area contributed by atoms with Crippen LogP contribution in [-0.4, -0.2) is 75.7 Å². The number of carboxylic acid groups (broad SMARTS) is 2. The fourth-order valence-corrected chi connectivity index (χ4v) is 3.93. The summed E-state index contributed by atoms with van der Waals surface area (Å²) >= 11 is 0. The summed E-state index contributed by atoms with van der Waals surface area (Å²) < 4.78 is 21.5. The predicted molar refractivity (Wildman–Crippen MR) is 87.7 cm³/mol. The van der Waals surface area contributed by atoms with Gasteiger partial charge in [-0.2, -0.15) is 0 Å². The number of phosphoric acid groups is 1. The molecule has 11 heteroatoms. The Kier molecular flexibility index (Phi) is 9.21. The molecule has 0 aliphatic carbocycles. The minimum atomic E-state index is -4.50. The van der Waals surface area contributed by atoms with E-state index in [1.54, 1.807) is 13.8 Å². The zero-order valence-electron chi connectivity index (χ0n) is 15.0. The van der Waals surface area contributed by atoms with Crippen molar-refractivity contribution < 1.29 is 47.9 Å². The highest BCUT2D eigenvalue weighted by molar-refractivity contribution is 7.47. The molecule has 0 aliphatic heterocycles. The summed E-state index contributed by atoms with van der Waals surface area (Å²) in [6.45, 7) is 2.73. The number of likely N-dealkylation sites (N-methyl/N-ethyl adjacent to an activating group) is 1. The lowest BCUT2D eigenvalue weighted by atomic mass is 9.87. The van der Waals surface area contributed by atoms with Crippen LogP contribution in [0.2, 0.25) is 0 Å². The molecule has 0 heterocycles. The highest BCUT2D eigenvalue weighted by Crippen LogP contribution is 2.48. The zero-order chi connectivity index (χ0) is 19.9. The number of aliphatic hydroxyl groups excluding tert-OH is 1. The largest absolute Gasteiger partial charge is 0.481 e. The van der Waals surface area contributed by atoms with Gasteiger partial charge >= 0.3 is 19.8 Å². The molecule has 0 bridgehead atoms. The van der Waals surface area contributed by atoms with Crippen LogP contribution in [0.4, 0.5) is 0 Å². The normalized spacial score (nSPS) is 18.2. The van der Waals surface area contributed by atoms with Gasteiger partial charge in [0, 0.05) is 19.4 Å². The van der Waals surface area contributed by atoms with Gasteiger partial charge in [-0.05, 0) is 6.42 Å². The number of carbonyl (C=O) groups is 2. The molecular formula is C14H29NO9P+. The van der Waals surface area contributed by atoms with Crippen molar-refractivity contribution in [2.75, 3.05) is 27.3 Å². The first kappa shape index (κ1) is 24.0. The minimum Gasteiger partial charge on any atom is -0.481 e. The van der Waals surface area contributed by atoms with Gasteiger partial charge in [-0.1, -0.05) is 13.8 Å². The molecule has 0 spiro atoms. The molecule has 0 saturated heterocycles. The molecule has 0 aliphatic rings. The van der Waals surface area contributed by atoms with Crippen molar-refractivity contribution in [1.82, 2.24) is 0 Å². The van der Waals surface area contributed by atoms with Crippen LogP contribution in [0.1, 0.15) is 39.5 Å². The lowest BCUT2D eigenvalue weighted by Gasteiger charge is -2.48. The highest BCUT2D eigenvalue weighted by Gasteiger charge is 2.57. The van der Waals surface area contributed by atoms with Crippen molar-refractivity contribution in [3.05, 3.63) is 0 Å². The van der Waals surface area contributed by atoms with Gasteiger partial charge < -0.3 is 20.2 Å². The molecule has 0 aromatic heterocycles. The van der Waals surface area contributed by atoms with Gasteiger partial charge in [0.15, 0.2) is 0 Å². The first-order valence-electron chi connectivity index (χ1n) is 7.95. The number of quaternary nitrogens is 1. The molecule has 0 rings (SSSR count). The second-order valence-corrected chi connectivity index (χ2v) is 7.55. The quantitative estimate of drug-likeness (QED) is 0.157. The van der Waals surface area contributed by atoms with E-state index in [2.05, 4.69) is 0 Å². The van der Waals surface area contributed by atoms with Crippen LogP contribution >= 0.6 is 7.82 Å². The van der Waals surface area contributed by atoms with Crippen molar-refractivity contribution in [2.45, 2.75) is 51.3 Å². The maximum absolute atomic E-state index is 12.1. The Morgan fingerprint density at radius 3 is 2.16 bits per heavy atom. The number of rotatable bonds is 13. The summed E-state index contributed by atoms with van der Waals surface area (Å²) in [6, 6.07) is 0. The van der Waals surface area contributed by atoms with E-state index >= 15 is 0 Å².